The van der Waals surface area contributed by atoms with E-state index in [1.807, 2.05) is 70.5 Å². The highest BCUT2D eigenvalue weighted by Crippen LogP contribution is 2.23. The number of rotatable bonds is 2. The quantitative estimate of drug-likeness (QED) is 0.918. The molecule has 1 saturated heterocycles. The highest BCUT2D eigenvalue weighted by atomic mass is 79.9. The van der Waals surface area contributed by atoms with E-state index in [0.717, 1.165) is 24.5 Å². The molecule has 0 unspecified atom stereocenters. The smallest absolute Gasteiger partial charge is 0.202 e. The first-order chi connectivity index (χ1) is 8.86. The Bertz CT molecular complexity index is 492. The lowest BCUT2D eigenvalue weighted by Crippen LogP contribution is -2.32. The monoisotopic (exact) mass is 317 g/mol. The summed E-state index contributed by atoms with van der Waals surface area (Å²) in [4.78, 5) is 4.07. The fraction of sp³-hybridized carbons (Fsp3) is 0.133. The molecule has 1 aliphatic rings. The van der Waals surface area contributed by atoms with E-state index in [-0.39, 0.29) is 17.0 Å². The van der Waals surface area contributed by atoms with Crippen LogP contribution in [0.4, 0.5) is 11.4 Å². The first-order valence-electron chi connectivity index (χ1n) is 6.10. The van der Waals surface area contributed by atoms with Crippen molar-refractivity contribution in [3.63, 3.8) is 0 Å². The van der Waals surface area contributed by atoms with E-state index in [1.54, 1.807) is 0 Å². The largest absolute Gasteiger partial charge is 0.311 e. The maximum atomic E-state index is 8.29. The zero-order chi connectivity index (χ0) is 12.4. The zero-order valence-electron chi connectivity index (χ0n) is 10.5. The maximum Gasteiger partial charge on any atom is 0.202 e. The van der Waals surface area contributed by atoms with Crippen LogP contribution in [0.15, 0.2) is 60.7 Å². The average Bonchev–Trinajstić information content (AvgIpc) is 2.83. The molecule has 1 N–H and O–H groups in total. The summed E-state index contributed by atoms with van der Waals surface area (Å²) in [7, 11) is 0. The van der Waals surface area contributed by atoms with Crippen LogP contribution in [0.25, 0.3) is 0 Å². The van der Waals surface area contributed by atoms with E-state index in [1.165, 1.54) is 0 Å². The number of nitrogens with zero attached hydrogens (tertiary/aromatic N) is 2. The van der Waals surface area contributed by atoms with Crippen LogP contribution in [-0.4, -0.2) is 19.0 Å². The van der Waals surface area contributed by atoms with E-state index in [9.17, 15) is 0 Å². The summed E-state index contributed by atoms with van der Waals surface area (Å²) in [6.07, 6.45) is 0. The summed E-state index contributed by atoms with van der Waals surface area (Å²) >= 11 is 0. The minimum absolute atomic E-state index is 0. The lowest BCUT2D eigenvalue weighted by atomic mass is 10.3. The Balaban J connectivity index is 0.00000133. The Labute approximate surface area is 123 Å². The van der Waals surface area contributed by atoms with Crippen molar-refractivity contribution in [1.29, 1.82) is 5.41 Å². The number of guanidine groups is 1. The molecule has 1 heterocycles. The van der Waals surface area contributed by atoms with Crippen LogP contribution in [0.1, 0.15) is 0 Å². The van der Waals surface area contributed by atoms with Crippen molar-refractivity contribution >= 4 is 34.3 Å². The lowest BCUT2D eigenvalue weighted by Gasteiger charge is -2.21. The fourth-order valence-corrected chi connectivity index (χ4v) is 2.28. The second kappa shape index (κ2) is 5.89. The Hall–Kier alpha value is -1.81. The SMILES string of the molecule is Br.N=C1N(c2ccccc2)CCN1c1ccccc1. The number of nitrogens with one attached hydrogen (secondary N) is 1. The molecule has 2 aromatic carbocycles. The maximum absolute atomic E-state index is 8.29. The van der Waals surface area contributed by atoms with Crippen molar-refractivity contribution in [2.24, 2.45) is 0 Å². The van der Waals surface area contributed by atoms with E-state index >= 15 is 0 Å². The van der Waals surface area contributed by atoms with Crippen LogP contribution in [0.2, 0.25) is 0 Å². The molecule has 4 heteroatoms. The van der Waals surface area contributed by atoms with Gasteiger partial charge in [-0.25, -0.2) is 0 Å². The molecule has 2 aromatic rings. The Morgan fingerprint density at radius 1 is 0.684 bits per heavy atom. The van der Waals surface area contributed by atoms with E-state index in [2.05, 4.69) is 0 Å². The number of benzene rings is 2. The van der Waals surface area contributed by atoms with Gasteiger partial charge in [-0.15, -0.1) is 17.0 Å². The molecule has 0 aliphatic carbocycles. The normalized spacial score (nSPS) is 14.4. The van der Waals surface area contributed by atoms with Gasteiger partial charge in [0.1, 0.15) is 0 Å². The van der Waals surface area contributed by atoms with E-state index in [4.69, 9.17) is 5.41 Å². The van der Waals surface area contributed by atoms with E-state index < -0.39 is 0 Å². The molecule has 1 aliphatic heterocycles. The molecule has 3 nitrogen and oxygen atoms in total. The summed E-state index contributed by atoms with van der Waals surface area (Å²) in [6, 6.07) is 20.2. The van der Waals surface area contributed by atoms with Gasteiger partial charge in [0, 0.05) is 24.5 Å². The van der Waals surface area contributed by atoms with Gasteiger partial charge in [0.15, 0.2) is 0 Å². The van der Waals surface area contributed by atoms with Crippen LogP contribution in [-0.2, 0) is 0 Å². The van der Waals surface area contributed by atoms with Crippen molar-refractivity contribution in [3.8, 4) is 0 Å². The molecule has 19 heavy (non-hydrogen) atoms. The topological polar surface area (TPSA) is 30.3 Å². The molecule has 1 fully saturated rings. The fourth-order valence-electron chi connectivity index (χ4n) is 2.28. The molecular weight excluding hydrogens is 302 g/mol. The number of hydrogen-bond acceptors (Lipinski definition) is 1. The third kappa shape index (κ3) is 2.63. The number of hydrogen-bond donors (Lipinski definition) is 1. The third-order valence-corrected chi connectivity index (χ3v) is 3.19. The standard InChI is InChI=1S/C15H15N3.BrH/c16-15-17(13-7-3-1-4-8-13)11-12-18(15)14-9-5-2-6-10-14;/h1-10,16H,11-12H2;1H. The van der Waals surface area contributed by atoms with Crippen molar-refractivity contribution in [2.75, 3.05) is 22.9 Å². The molecule has 0 spiro atoms. The summed E-state index contributed by atoms with van der Waals surface area (Å²) in [5, 5.41) is 8.29. The lowest BCUT2D eigenvalue weighted by molar-refractivity contribution is 1.02. The third-order valence-electron chi connectivity index (χ3n) is 3.19. The van der Waals surface area contributed by atoms with Crippen LogP contribution in [0.5, 0.6) is 0 Å². The molecule has 0 atom stereocenters. The highest BCUT2D eigenvalue weighted by molar-refractivity contribution is 8.93. The molecule has 0 bridgehead atoms. The van der Waals surface area contributed by atoms with Crippen molar-refractivity contribution in [3.05, 3.63) is 60.7 Å². The average molecular weight is 318 g/mol. The van der Waals surface area contributed by atoms with Crippen molar-refractivity contribution < 1.29 is 0 Å². The predicted octanol–water partition coefficient (Wildman–Crippen LogP) is 3.53. The molecule has 0 saturated carbocycles. The van der Waals surface area contributed by atoms with Gasteiger partial charge in [-0.2, -0.15) is 0 Å². The number of halogens is 1. The number of anilines is 2. The minimum atomic E-state index is 0. The summed E-state index contributed by atoms with van der Waals surface area (Å²) in [5.41, 5.74) is 2.17. The van der Waals surface area contributed by atoms with Crippen molar-refractivity contribution in [1.82, 2.24) is 0 Å². The van der Waals surface area contributed by atoms with Crippen molar-refractivity contribution in [2.45, 2.75) is 0 Å². The van der Waals surface area contributed by atoms with Gasteiger partial charge in [-0.1, -0.05) is 36.4 Å². The van der Waals surface area contributed by atoms with Gasteiger partial charge < -0.3 is 9.80 Å². The molecule has 98 valence electrons. The molecule has 0 aromatic heterocycles. The molecule has 0 radical (unpaired) electrons. The Kier molecular flexibility index (Phi) is 4.22. The van der Waals surface area contributed by atoms with Crippen LogP contribution < -0.4 is 9.80 Å². The molecular formula is C15H16BrN3. The first-order valence-corrected chi connectivity index (χ1v) is 6.10. The summed E-state index contributed by atoms with van der Waals surface area (Å²) in [6.45, 7) is 1.72. The van der Waals surface area contributed by atoms with Crippen LogP contribution in [0.3, 0.4) is 0 Å². The second-order valence-electron chi connectivity index (χ2n) is 4.30. The Morgan fingerprint density at radius 3 is 1.42 bits per heavy atom. The summed E-state index contributed by atoms with van der Waals surface area (Å²) in [5.74, 6) is 0.549. The molecule has 3 rings (SSSR count). The zero-order valence-corrected chi connectivity index (χ0v) is 12.2. The highest BCUT2D eigenvalue weighted by Gasteiger charge is 2.26. The van der Waals surface area contributed by atoms with E-state index in [0.29, 0.717) is 5.96 Å². The summed E-state index contributed by atoms with van der Waals surface area (Å²) < 4.78 is 0. The van der Waals surface area contributed by atoms with Crippen LogP contribution in [0, 0.1) is 5.41 Å². The van der Waals surface area contributed by atoms with Gasteiger partial charge in [0.05, 0.1) is 0 Å². The minimum Gasteiger partial charge on any atom is -0.311 e. The second-order valence-corrected chi connectivity index (χ2v) is 4.30. The van der Waals surface area contributed by atoms with Gasteiger partial charge in [-0.3, -0.25) is 5.41 Å². The first kappa shape index (κ1) is 13.6. The van der Waals surface area contributed by atoms with Gasteiger partial charge >= 0.3 is 0 Å². The van der Waals surface area contributed by atoms with Gasteiger partial charge in [-0.05, 0) is 24.3 Å². The predicted molar refractivity (Wildman–Crippen MR) is 85.6 cm³/mol. The van der Waals surface area contributed by atoms with Gasteiger partial charge in [0.25, 0.3) is 0 Å². The number of para-hydroxylation sites is 2. The molecule has 0 amide bonds. The van der Waals surface area contributed by atoms with Crippen LogP contribution >= 0.6 is 17.0 Å². The van der Waals surface area contributed by atoms with Gasteiger partial charge in [0.2, 0.25) is 5.96 Å². The Morgan fingerprint density at radius 2 is 1.05 bits per heavy atom.